The number of hydrogen-bond donors (Lipinski definition) is 1. The predicted octanol–water partition coefficient (Wildman–Crippen LogP) is 3.38. The van der Waals surface area contributed by atoms with E-state index in [9.17, 15) is 35.5 Å². The lowest BCUT2D eigenvalue weighted by Crippen LogP contribution is -2.36. The van der Waals surface area contributed by atoms with Crippen LogP contribution >= 0.6 is 0 Å². The van der Waals surface area contributed by atoms with E-state index in [0.29, 0.717) is 6.08 Å². The third kappa shape index (κ3) is 4.99. The van der Waals surface area contributed by atoms with E-state index < -0.39 is 56.5 Å². The molecular formula is C17H13F5N2O4S. The Hall–Kier alpha value is -2.78. The summed E-state index contributed by atoms with van der Waals surface area (Å²) in [4.78, 5) is 2.22. The monoisotopic (exact) mass is 436 g/mol. The van der Waals surface area contributed by atoms with E-state index in [4.69, 9.17) is 10.00 Å². The number of aromatic nitrogens is 1. The number of alkyl halides is 5. The summed E-state index contributed by atoms with van der Waals surface area (Å²) in [6.07, 6.45) is -1.94. The SMILES string of the molecule is C=C1CC(F)(F)[C@@H](O)C/C(S(=O)(=O)C(F)(F)F)=C\C=C/1Oc1cncc(C#N)c1. The summed E-state index contributed by atoms with van der Waals surface area (Å²) in [5.74, 6) is -4.59. The fourth-order valence-electron chi connectivity index (χ4n) is 2.30. The van der Waals surface area contributed by atoms with Gasteiger partial charge in [-0.25, -0.2) is 17.2 Å². The Morgan fingerprint density at radius 2 is 1.97 bits per heavy atom. The predicted molar refractivity (Wildman–Crippen MR) is 90.0 cm³/mol. The normalized spacial score (nSPS) is 24.0. The number of hydrogen-bond acceptors (Lipinski definition) is 6. The Morgan fingerprint density at radius 1 is 1.31 bits per heavy atom. The Bertz CT molecular complexity index is 1020. The molecule has 0 spiro atoms. The maximum absolute atomic E-state index is 14.2. The number of aliphatic hydroxyl groups excluding tert-OH is 1. The molecule has 0 fully saturated rings. The minimum absolute atomic E-state index is 0.0495. The molecule has 1 atom stereocenters. The first-order valence-electron chi connectivity index (χ1n) is 7.77. The van der Waals surface area contributed by atoms with Crippen molar-refractivity contribution in [3.63, 3.8) is 0 Å². The number of nitrogens with zero attached hydrogens (tertiary/aromatic N) is 2. The summed E-state index contributed by atoms with van der Waals surface area (Å²) in [6, 6.07) is 2.94. The molecule has 0 radical (unpaired) electrons. The molecule has 1 aliphatic rings. The Labute approximate surface area is 162 Å². The highest BCUT2D eigenvalue weighted by molar-refractivity contribution is 7.96. The number of ether oxygens (including phenoxy) is 1. The van der Waals surface area contributed by atoms with Crippen LogP contribution in [0.5, 0.6) is 5.75 Å². The molecule has 0 saturated carbocycles. The number of rotatable bonds is 3. The topological polar surface area (TPSA) is 100 Å². The highest BCUT2D eigenvalue weighted by Crippen LogP contribution is 2.38. The van der Waals surface area contributed by atoms with Crippen LogP contribution in [-0.4, -0.2) is 36.0 Å². The van der Waals surface area contributed by atoms with E-state index in [1.54, 1.807) is 6.07 Å². The molecule has 1 heterocycles. The quantitative estimate of drug-likeness (QED) is 0.730. The van der Waals surface area contributed by atoms with Crippen LogP contribution in [0.3, 0.4) is 0 Å². The molecule has 0 saturated heterocycles. The van der Waals surface area contributed by atoms with Gasteiger partial charge in [0, 0.05) is 25.1 Å². The zero-order valence-electron chi connectivity index (χ0n) is 14.4. The van der Waals surface area contributed by atoms with Crippen LogP contribution in [0.15, 0.2) is 53.4 Å². The van der Waals surface area contributed by atoms with Crippen molar-refractivity contribution < 1.29 is 40.2 Å². The number of allylic oxidation sites excluding steroid dienone is 3. The summed E-state index contributed by atoms with van der Waals surface area (Å²) >= 11 is 0. The van der Waals surface area contributed by atoms with Gasteiger partial charge >= 0.3 is 5.51 Å². The first-order chi connectivity index (χ1) is 13.3. The molecule has 1 aliphatic carbocycles. The molecule has 12 heteroatoms. The minimum Gasteiger partial charge on any atom is -0.455 e. The Morgan fingerprint density at radius 3 is 2.55 bits per heavy atom. The zero-order chi connectivity index (χ0) is 22.0. The molecule has 156 valence electrons. The van der Waals surface area contributed by atoms with Gasteiger partial charge in [0.25, 0.3) is 15.8 Å². The third-order valence-corrected chi connectivity index (χ3v) is 5.42. The lowest BCUT2D eigenvalue weighted by molar-refractivity contribution is -0.105. The maximum atomic E-state index is 14.2. The van der Waals surface area contributed by atoms with Crippen LogP contribution in [0.4, 0.5) is 22.0 Å². The lowest BCUT2D eigenvalue weighted by Gasteiger charge is -2.24. The summed E-state index contributed by atoms with van der Waals surface area (Å²) in [7, 11) is -5.98. The summed E-state index contributed by atoms with van der Waals surface area (Å²) in [6.45, 7) is 3.37. The maximum Gasteiger partial charge on any atom is 0.501 e. The fourth-order valence-corrected chi connectivity index (χ4v) is 3.22. The average Bonchev–Trinajstić information content (AvgIpc) is 2.65. The van der Waals surface area contributed by atoms with Crippen molar-refractivity contribution in [2.45, 2.75) is 30.4 Å². The van der Waals surface area contributed by atoms with Crippen molar-refractivity contribution in [3.8, 4) is 11.8 Å². The van der Waals surface area contributed by atoms with Gasteiger partial charge in [0.15, 0.2) is 0 Å². The molecule has 0 aliphatic heterocycles. The van der Waals surface area contributed by atoms with Gasteiger partial charge in [0.05, 0.1) is 16.7 Å². The van der Waals surface area contributed by atoms with Crippen molar-refractivity contribution in [3.05, 3.63) is 59.0 Å². The van der Waals surface area contributed by atoms with E-state index in [-0.39, 0.29) is 11.3 Å². The molecule has 1 aromatic heterocycles. The second-order valence-corrected chi connectivity index (χ2v) is 7.99. The van der Waals surface area contributed by atoms with Gasteiger partial charge in [-0.15, -0.1) is 0 Å². The van der Waals surface area contributed by atoms with Gasteiger partial charge in [-0.2, -0.15) is 18.4 Å². The van der Waals surface area contributed by atoms with E-state index in [0.717, 1.165) is 12.3 Å². The van der Waals surface area contributed by atoms with E-state index in [1.807, 2.05) is 0 Å². The number of halogens is 5. The van der Waals surface area contributed by atoms with Crippen LogP contribution in [0.25, 0.3) is 0 Å². The number of nitriles is 1. The number of pyridine rings is 1. The van der Waals surface area contributed by atoms with Gasteiger partial charge in [-0.05, 0) is 17.7 Å². The number of aliphatic hydroxyl groups is 1. The molecule has 0 aromatic carbocycles. The lowest BCUT2D eigenvalue weighted by atomic mass is 10.0. The second-order valence-electron chi connectivity index (χ2n) is 6.00. The highest BCUT2D eigenvalue weighted by atomic mass is 32.2. The number of sulfone groups is 1. The van der Waals surface area contributed by atoms with Crippen LogP contribution in [-0.2, 0) is 9.84 Å². The van der Waals surface area contributed by atoms with Crippen molar-refractivity contribution in [1.29, 1.82) is 5.26 Å². The van der Waals surface area contributed by atoms with Crippen molar-refractivity contribution in [2.75, 3.05) is 0 Å². The molecule has 6 nitrogen and oxygen atoms in total. The smallest absolute Gasteiger partial charge is 0.455 e. The Kier molecular flexibility index (Phi) is 6.15. The molecule has 1 N–H and O–H groups in total. The molecule has 2 rings (SSSR count). The Balaban J connectivity index is 2.56. The zero-order valence-corrected chi connectivity index (χ0v) is 15.3. The van der Waals surface area contributed by atoms with Crippen molar-refractivity contribution in [2.24, 2.45) is 0 Å². The first-order valence-corrected chi connectivity index (χ1v) is 9.25. The van der Waals surface area contributed by atoms with E-state index in [2.05, 4.69) is 11.6 Å². The average molecular weight is 436 g/mol. The van der Waals surface area contributed by atoms with Gasteiger partial charge < -0.3 is 9.84 Å². The summed E-state index contributed by atoms with van der Waals surface area (Å²) in [5, 5.41) is 18.5. The van der Waals surface area contributed by atoms with Crippen LogP contribution in [0, 0.1) is 11.3 Å². The van der Waals surface area contributed by atoms with Crippen molar-refractivity contribution in [1.82, 2.24) is 4.98 Å². The fraction of sp³-hybridized carbons (Fsp3) is 0.294. The highest BCUT2D eigenvalue weighted by Gasteiger charge is 2.50. The molecule has 0 unspecified atom stereocenters. The molecule has 1 aromatic rings. The van der Waals surface area contributed by atoms with Gasteiger partial charge in [0.2, 0.25) is 0 Å². The molecule has 29 heavy (non-hydrogen) atoms. The largest absolute Gasteiger partial charge is 0.501 e. The van der Waals surface area contributed by atoms with Gasteiger partial charge in [0.1, 0.15) is 23.7 Å². The minimum atomic E-state index is -5.98. The molecule has 0 bridgehead atoms. The van der Waals surface area contributed by atoms with Crippen molar-refractivity contribution >= 4 is 9.84 Å². The van der Waals surface area contributed by atoms with E-state index >= 15 is 0 Å². The first kappa shape index (κ1) is 22.5. The van der Waals surface area contributed by atoms with E-state index in [1.165, 1.54) is 12.3 Å². The van der Waals surface area contributed by atoms with Crippen LogP contribution < -0.4 is 4.74 Å². The van der Waals surface area contributed by atoms with Gasteiger partial charge in [-0.1, -0.05) is 6.58 Å². The third-order valence-electron chi connectivity index (χ3n) is 3.82. The molecular weight excluding hydrogens is 423 g/mol. The molecule has 0 amide bonds. The van der Waals surface area contributed by atoms with Gasteiger partial charge in [-0.3, -0.25) is 4.98 Å². The summed E-state index contributed by atoms with van der Waals surface area (Å²) < 4.78 is 95.7. The van der Waals surface area contributed by atoms with Crippen LogP contribution in [0.1, 0.15) is 18.4 Å². The summed E-state index contributed by atoms with van der Waals surface area (Å²) in [5.41, 5.74) is -6.12. The standard InChI is InChI=1S/C17H13F5N2O4S/c1-10-6-16(18,19)15(25)5-13(29(26,27)17(20,21)22)2-3-14(10)28-12-4-11(7-23)8-24-9-12/h2-4,8-9,15,25H,1,5-6H2/b13-2+,14-3+/t15-/m0/s1. The van der Waals surface area contributed by atoms with Crippen LogP contribution in [0.2, 0.25) is 0 Å². The second kappa shape index (κ2) is 7.92.